The maximum absolute atomic E-state index is 12.3. The van der Waals surface area contributed by atoms with E-state index in [2.05, 4.69) is 15.1 Å². The third kappa shape index (κ3) is 5.47. The molecule has 33 heavy (non-hydrogen) atoms. The minimum absolute atomic E-state index is 0.00387. The van der Waals surface area contributed by atoms with Crippen LogP contribution in [0.5, 0.6) is 11.6 Å². The van der Waals surface area contributed by atoms with Crippen LogP contribution in [-0.4, -0.2) is 55.2 Å². The number of likely N-dealkylation sites (tertiary alicyclic amines) is 1. The van der Waals surface area contributed by atoms with Crippen molar-refractivity contribution in [2.45, 2.75) is 52.7 Å². The summed E-state index contributed by atoms with van der Waals surface area (Å²) in [5.74, 6) is 1.39. The first-order valence-electron chi connectivity index (χ1n) is 11.1. The lowest BCUT2D eigenvalue weighted by molar-refractivity contribution is 0.0177. The number of amides is 1. The van der Waals surface area contributed by atoms with Crippen molar-refractivity contribution in [1.82, 2.24) is 24.6 Å². The van der Waals surface area contributed by atoms with Crippen molar-refractivity contribution in [2.24, 2.45) is 5.92 Å². The summed E-state index contributed by atoms with van der Waals surface area (Å²) < 4.78 is 13.3. The number of carbonyl (C=O) groups is 2. The molecule has 9 heteroatoms. The van der Waals surface area contributed by atoms with Gasteiger partial charge in [-0.3, -0.25) is 4.79 Å². The van der Waals surface area contributed by atoms with E-state index in [0.717, 1.165) is 18.2 Å². The van der Waals surface area contributed by atoms with Crippen molar-refractivity contribution in [1.29, 1.82) is 0 Å². The minimum Gasteiger partial charge on any atom is -0.444 e. The van der Waals surface area contributed by atoms with Gasteiger partial charge >= 0.3 is 6.09 Å². The summed E-state index contributed by atoms with van der Waals surface area (Å²) in [5.41, 5.74) is 0.840. The molecule has 0 radical (unpaired) electrons. The second kappa shape index (κ2) is 9.17. The minimum atomic E-state index is -0.489. The predicted molar refractivity (Wildman–Crippen MR) is 122 cm³/mol. The van der Waals surface area contributed by atoms with Crippen LogP contribution < -0.4 is 4.74 Å². The van der Waals surface area contributed by atoms with Gasteiger partial charge in [0.15, 0.2) is 11.4 Å². The van der Waals surface area contributed by atoms with Crippen molar-refractivity contribution in [3.63, 3.8) is 0 Å². The van der Waals surface area contributed by atoms with Crippen LogP contribution in [-0.2, 0) is 11.3 Å². The Bertz CT molecular complexity index is 1140. The number of carbonyl (C=O) groups excluding carboxylic acids is 2. The fourth-order valence-electron chi connectivity index (χ4n) is 3.82. The summed E-state index contributed by atoms with van der Waals surface area (Å²) in [5, 5.41) is 5.24. The summed E-state index contributed by atoms with van der Waals surface area (Å²) in [7, 11) is 0. The number of hydrogen-bond donors (Lipinski definition) is 0. The number of hydrogen-bond acceptors (Lipinski definition) is 7. The maximum atomic E-state index is 12.3. The van der Waals surface area contributed by atoms with E-state index in [-0.39, 0.29) is 11.9 Å². The highest BCUT2D eigenvalue weighted by Crippen LogP contribution is 2.28. The molecular weight excluding hydrogens is 422 g/mol. The average molecular weight is 452 g/mol. The molecule has 3 heterocycles. The molecule has 0 saturated carbocycles. The Morgan fingerprint density at radius 2 is 1.79 bits per heavy atom. The summed E-state index contributed by atoms with van der Waals surface area (Å²) in [4.78, 5) is 34.2. The predicted octanol–water partition coefficient (Wildman–Crippen LogP) is 4.47. The lowest BCUT2D eigenvalue weighted by atomic mass is 9.97. The first-order chi connectivity index (χ1) is 15.7. The van der Waals surface area contributed by atoms with Gasteiger partial charge < -0.3 is 14.4 Å². The number of fused-ring (bicyclic) bond motifs is 1. The number of ether oxygens (including phenoxy) is 2. The van der Waals surface area contributed by atoms with Crippen molar-refractivity contribution in [2.75, 3.05) is 13.1 Å². The molecule has 0 atom stereocenters. The molecule has 9 nitrogen and oxygen atoms in total. The normalized spacial score (nSPS) is 15.0. The summed E-state index contributed by atoms with van der Waals surface area (Å²) >= 11 is 0. The Morgan fingerprint density at radius 3 is 2.42 bits per heavy atom. The highest BCUT2D eigenvalue weighted by atomic mass is 16.6. The van der Waals surface area contributed by atoms with Gasteiger partial charge in [-0.15, -0.1) is 0 Å². The van der Waals surface area contributed by atoms with E-state index in [9.17, 15) is 9.59 Å². The van der Waals surface area contributed by atoms with E-state index >= 15 is 0 Å². The quantitative estimate of drug-likeness (QED) is 0.528. The molecule has 0 N–H and O–H groups in total. The lowest BCUT2D eigenvalue weighted by Gasteiger charge is -2.33. The number of aromatic nitrogens is 4. The number of piperidine rings is 1. The molecule has 1 saturated heterocycles. The molecule has 1 amide bonds. The molecule has 3 aromatic rings. The average Bonchev–Trinajstić information content (AvgIpc) is 3.17. The van der Waals surface area contributed by atoms with E-state index in [1.807, 2.05) is 25.5 Å². The zero-order chi connectivity index (χ0) is 23.6. The second-order valence-electron chi connectivity index (χ2n) is 9.34. The fourth-order valence-corrected chi connectivity index (χ4v) is 3.82. The van der Waals surface area contributed by atoms with E-state index in [0.29, 0.717) is 48.4 Å². The smallest absolute Gasteiger partial charge is 0.410 e. The molecule has 0 spiro atoms. The van der Waals surface area contributed by atoms with Crippen molar-refractivity contribution >= 4 is 22.9 Å². The molecule has 2 aromatic heterocycles. The van der Waals surface area contributed by atoms with Gasteiger partial charge in [0.25, 0.3) is 0 Å². The number of nitrogens with zero attached hydrogens (tertiary/aromatic N) is 5. The first kappa shape index (κ1) is 22.7. The molecule has 0 aliphatic carbocycles. The molecule has 1 aromatic carbocycles. The van der Waals surface area contributed by atoms with Gasteiger partial charge in [0, 0.05) is 25.2 Å². The van der Waals surface area contributed by atoms with E-state index < -0.39 is 5.60 Å². The summed E-state index contributed by atoms with van der Waals surface area (Å²) in [6.45, 7) is 9.19. The summed E-state index contributed by atoms with van der Waals surface area (Å²) in [6, 6.07) is 6.94. The van der Waals surface area contributed by atoms with Crippen LogP contribution in [0.2, 0.25) is 0 Å². The maximum Gasteiger partial charge on any atom is 0.410 e. The van der Waals surface area contributed by atoms with Crippen LogP contribution in [0.3, 0.4) is 0 Å². The van der Waals surface area contributed by atoms with Gasteiger partial charge in [-0.1, -0.05) is 0 Å². The standard InChI is InChI=1S/C24H29N5O4/c1-16(30)18-5-7-19(8-6-18)32-22-20-13-27-29(21(20)25-15-26-22)14-17-9-11-28(12-10-17)23(31)33-24(2,3)4/h5-8,13,15,17H,9-12,14H2,1-4H3. The number of Topliss-reactive ketones (excluding diaryl/α,β-unsaturated/α-hetero) is 1. The van der Waals surface area contributed by atoms with Crippen LogP contribution >= 0.6 is 0 Å². The molecule has 1 aliphatic heterocycles. The van der Waals surface area contributed by atoms with Gasteiger partial charge in [0.1, 0.15) is 23.1 Å². The Morgan fingerprint density at radius 1 is 1.09 bits per heavy atom. The van der Waals surface area contributed by atoms with Crippen molar-refractivity contribution in [3.8, 4) is 11.6 Å². The van der Waals surface area contributed by atoms with Gasteiger partial charge in [-0.05, 0) is 70.7 Å². The zero-order valence-corrected chi connectivity index (χ0v) is 19.4. The SMILES string of the molecule is CC(=O)c1ccc(Oc2ncnc3c2cnn3CC2CCN(C(=O)OC(C)(C)C)CC2)cc1. The number of benzene rings is 1. The van der Waals surface area contributed by atoms with Crippen LogP contribution in [0.4, 0.5) is 4.79 Å². The van der Waals surface area contributed by atoms with Gasteiger partial charge in [0.2, 0.25) is 5.88 Å². The Hall–Kier alpha value is -3.49. The zero-order valence-electron chi connectivity index (χ0n) is 19.4. The number of ketones is 1. The monoisotopic (exact) mass is 451 g/mol. The Balaban J connectivity index is 1.41. The molecule has 0 bridgehead atoms. The molecule has 0 unspecified atom stereocenters. The van der Waals surface area contributed by atoms with Crippen LogP contribution in [0.25, 0.3) is 11.0 Å². The third-order valence-corrected chi connectivity index (χ3v) is 5.57. The largest absolute Gasteiger partial charge is 0.444 e. The molecule has 1 fully saturated rings. The van der Waals surface area contributed by atoms with Crippen LogP contribution in [0.1, 0.15) is 50.9 Å². The van der Waals surface area contributed by atoms with Crippen molar-refractivity contribution < 1.29 is 19.1 Å². The fraction of sp³-hybridized carbons (Fsp3) is 0.458. The first-order valence-corrected chi connectivity index (χ1v) is 11.1. The van der Waals surface area contributed by atoms with Gasteiger partial charge in [-0.25, -0.2) is 19.4 Å². The van der Waals surface area contributed by atoms with Crippen LogP contribution in [0, 0.1) is 5.92 Å². The van der Waals surface area contributed by atoms with Crippen molar-refractivity contribution in [3.05, 3.63) is 42.4 Å². The summed E-state index contributed by atoms with van der Waals surface area (Å²) in [6.07, 6.45) is 4.67. The van der Waals surface area contributed by atoms with E-state index in [1.165, 1.54) is 13.3 Å². The van der Waals surface area contributed by atoms with Gasteiger partial charge in [0.05, 0.1) is 6.20 Å². The molecule has 174 valence electrons. The van der Waals surface area contributed by atoms with E-state index in [1.54, 1.807) is 35.4 Å². The van der Waals surface area contributed by atoms with E-state index in [4.69, 9.17) is 9.47 Å². The highest BCUT2D eigenvalue weighted by molar-refractivity contribution is 5.94. The molecule has 4 rings (SSSR count). The number of rotatable bonds is 5. The third-order valence-electron chi connectivity index (χ3n) is 5.57. The molecular formula is C24H29N5O4. The lowest BCUT2D eigenvalue weighted by Crippen LogP contribution is -2.42. The Kier molecular flexibility index (Phi) is 6.31. The molecule has 1 aliphatic rings. The topological polar surface area (TPSA) is 99.4 Å². The second-order valence-corrected chi connectivity index (χ2v) is 9.34. The van der Waals surface area contributed by atoms with Crippen LogP contribution in [0.15, 0.2) is 36.8 Å². The van der Waals surface area contributed by atoms with Gasteiger partial charge in [-0.2, -0.15) is 5.10 Å². The Labute approximate surface area is 192 Å². The highest BCUT2D eigenvalue weighted by Gasteiger charge is 2.27.